The van der Waals surface area contributed by atoms with Gasteiger partial charge in [0.2, 0.25) is 0 Å². The maximum Gasteiger partial charge on any atom is 0.154 e. The first-order chi connectivity index (χ1) is 9.20. The number of aromatic nitrogens is 2. The molecule has 0 aliphatic heterocycles. The van der Waals surface area contributed by atoms with Crippen LogP contribution in [0.15, 0.2) is 46.6 Å². The standard InChI is InChI=1S/C14H18N4S/c1-3-10(2)18-13-12(15)14(17-9-16-13)19-11-7-5-4-6-8-11/h4-10H,3,15H2,1-2H3,(H,16,17,18). The van der Waals surface area contributed by atoms with Crippen molar-refractivity contribution in [2.24, 2.45) is 0 Å². The van der Waals surface area contributed by atoms with E-state index < -0.39 is 0 Å². The van der Waals surface area contributed by atoms with Crippen LogP contribution in [0.3, 0.4) is 0 Å². The Hall–Kier alpha value is -1.75. The Balaban J connectivity index is 2.20. The van der Waals surface area contributed by atoms with Crippen LogP contribution in [0.1, 0.15) is 20.3 Å². The van der Waals surface area contributed by atoms with Gasteiger partial charge in [-0.1, -0.05) is 36.9 Å². The second kappa shape index (κ2) is 6.43. The molecule has 1 unspecified atom stereocenters. The molecule has 100 valence electrons. The highest BCUT2D eigenvalue weighted by molar-refractivity contribution is 7.99. The molecule has 1 heterocycles. The molecule has 19 heavy (non-hydrogen) atoms. The minimum atomic E-state index is 0.340. The van der Waals surface area contributed by atoms with Gasteiger partial charge in [0.05, 0.1) is 0 Å². The lowest BCUT2D eigenvalue weighted by atomic mass is 10.2. The lowest BCUT2D eigenvalue weighted by molar-refractivity contribution is 0.757. The van der Waals surface area contributed by atoms with E-state index in [-0.39, 0.29) is 0 Å². The normalized spacial score (nSPS) is 12.1. The number of anilines is 2. The first-order valence-electron chi connectivity index (χ1n) is 6.30. The maximum absolute atomic E-state index is 6.13. The minimum absolute atomic E-state index is 0.340. The Bertz CT molecular complexity index is 530. The number of nitrogens with one attached hydrogen (secondary N) is 1. The van der Waals surface area contributed by atoms with Crippen LogP contribution in [-0.4, -0.2) is 16.0 Å². The lowest BCUT2D eigenvalue weighted by Crippen LogP contribution is -2.16. The van der Waals surface area contributed by atoms with Gasteiger partial charge in [-0.2, -0.15) is 0 Å². The summed E-state index contributed by atoms with van der Waals surface area (Å²) in [5.74, 6) is 0.711. The van der Waals surface area contributed by atoms with Crippen LogP contribution in [-0.2, 0) is 0 Å². The van der Waals surface area contributed by atoms with Crippen molar-refractivity contribution in [2.45, 2.75) is 36.2 Å². The summed E-state index contributed by atoms with van der Waals surface area (Å²) in [5.41, 5.74) is 6.73. The molecular weight excluding hydrogens is 256 g/mol. The number of nitrogens with zero attached hydrogens (tertiary/aromatic N) is 2. The molecule has 2 rings (SSSR count). The van der Waals surface area contributed by atoms with Gasteiger partial charge in [0.25, 0.3) is 0 Å². The van der Waals surface area contributed by atoms with Gasteiger partial charge in [0.1, 0.15) is 17.0 Å². The molecule has 2 aromatic rings. The van der Waals surface area contributed by atoms with Crippen molar-refractivity contribution in [3.8, 4) is 0 Å². The van der Waals surface area contributed by atoms with E-state index in [0.717, 1.165) is 16.3 Å². The van der Waals surface area contributed by atoms with Crippen molar-refractivity contribution in [3.63, 3.8) is 0 Å². The fourth-order valence-corrected chi connectivity index (χ4v) is 2.33. The third-order valence-electron chi connectivity index (χ3n) is 2.80. The molecule has 1 atom stereocenters. The van der Waals surface area contributed by atoms with Gasteiger partial charge in [0.15, 0.2) is 5.82 Å². The van der Waals surface area contributed by atoms with E-state index in [1.807, 2.05) is 30.3 Å². The number of nitrogen functional groups attached to an aromatic ring is 1. The summed E-state index contributed by atoms with van der Waals surface area (Å²) in [6.07, 6.45) is 2.57. The highest BCUT2D eigenvalue weighted by Crippen LogP contribution is 2.32. The number of hydrogen-bond donors (Lipinski definition) is 2. The third kappa shape index (κ3) is 3.61. The number of hydrogen-bond acceptors (Lipinski definition) is 5. The van der Waals surface area contributed by atoms with E-state index in [1.54, 1.807) is 18.1 Å². The molecule has 0 fully saturated rings. The molecule has 0 radical (unpaired) electrons. The number of nitrogens with two attached hydrogens (primary N) is 1. The first-order valence-corrected chi connectivity index (χ1v) is 7.12. The summed E-state index contributed by atoms with van der Waals surface area (Å²) >= 11 is 1.55. The van der Waals surface area contributed by atoms with E-state index in [1.165, 1.54) is 0 Å². The van der Waals surface area contributed by atoms with Gasteiger partial charge in [-0.05, 0) is 25.5 Å². The average molecular weight is 274 g/mol. The molecular formula is C14H18N4S. The van der Waals surface area contributed by atoms with Gasteiger partial charge < -0.3 is 11.1 Å². The molecule has 1 aromatic carbocycles. The summed E-state index contributed by atoms with van der Waals surface area (Å²) in [4.78, 5) is 9.58. The zero-order valence-corrected chi connectivity index (χ0v) is 11.9. The lowest BCUT2D eigenvalue weighted by Gasteiger charge is -2.15. The van der Waals surface area contributed by atoms with Crippen molar-refractivity contribution in [1.82, 2.24) is 9.97 Å². The molecule has 3 N–H and O–H groups in total. The topological polar surface area (TPSA) is 63.8 Å². The quantitative estimate of drug-likeness (QED) is 0.818. The maximum atomic E-state index is 6.13. The van der Waals surface area contributed by atoms with Gasteiger partial charge in [-0.3, -0.25) is 0 Å². The molecule has 1 aromatic heterocycles. The Labute approximate surface area is 117 Å². The molecule has 0 saturated carbocycles. The molecule has 5 heteroatoms. The fourth-order valence-electron chi connectivity index (χ4n) is 1.51. The number of benzene rings is 1. The summed E-state index contributed by atoms with van der Waals surface area (Å²) in [5, 5.41) is 4.08. The zero-order valence-electron chi connectivity index (χ0n) is 11.1. The van der Waals surface area contributed by atoms with Gasteiger partial charge in [0, 0.05) is 10.9 Å². The van der Waals surface area contributed by atoms with Crippen LogP contribution in [0.2, 0.25) is 0 Å². The summed E-state index contributed by atoms with van der Waals surface area (Å²) < 4.78 is 0. The van der Waals surface area contributed by atoms with E-state index in [9.17, 15) is 0 Å². The molecule has 4 nitrogen and oxygen atoms in total. The Kier molecular flexibility index (Phi) is 4.63. The summed E-state index contributed by atoms with van der Waals surface area (Å²) in [6, 6.07) is 10.4. The predicted octanol–water partition coefficient (Wildman–Crippen LogP) is 3.42. The Morgan fingerprint density at radius 1 is 1.26 bits per heavy atom. The van der Waals surface area contributed by atoms with Crippen LogP contribution in [0.25, 0.3) is 0 Å². The zero-order chi connectivity index (χ0) is 13.7. The molecule has 0 bridgehead atoms. The van der Waals surface area contributed by atoms with E-state index in [4.69, 9.17) is 5.73 Å². The van der Waals surface area contributed by atoms with E-state index in [0.29, 0.717) is 17.5 Å². The molecule has 0 spiro atoms. The molecule has 0 saturated heterocycles. The van der Waals surface area contributed by atoms with Crippen LogP contribution in [0.5, 0.6) is 0 Å². The van der Waals surface area contributed by atoms with E-state index >= 15 is 0 Å². The molecule has 0 aliphatic rings. The van der Waals surface area contributed by atoms with Crippen molar-refractivity contribution in [1.29, 1.82) is 0 Å². The van der Waals surface area contributed by atoms with E-state index in [2.05, 4.69) is 29.1 Å². The van der Waals surface area contributed by atoms with Crippen molar-refractivity contribution < 1.29 is 0 Å². The van der Waals surface area contributed by atoms with Crippen LogP contribution in [0, 0.1) is 0 Å². The highest BCUT2D eigenvalue weighted by atomic mass is 32.2. The van der Waals surface area contributed by atoms with Gasteiger partial charge in [-0.15, -0.1) is 0 Å². The fraction of sp³-hybridized carbons (Fsp3) is 0.286. The summed E-state index contributed by atoms with van der Waals surface area (Å²) in [7, 11) is 0. The van der Waals surface area contributed by atoms with Crippen LogP contribution >= 0.6 is 11.8 Å². The first kappa shape index (κ1) is 13.7. The van der Waals surface area contributed by atoms with Gasteiger partial charge in [-0.25, -0.2) is 9.97 Å². The largest absolute Gasteiger partial charge is 0.394 e. The third-order valence-corrected chi connectivity index (χ3v) is 3.83. The minimum Gasteiger partial charge on any atom is -0.394 e. The monoisotopic (exact) mass is 274 g/mol. The number of rotatable bonds is 5. The van der Waals surface area contributed by atoms with Crippen molar-refractivity contribution >= 4 is 23.3 Å². The average Bonchev–Trinajstić information content (AvgIpc) is 2.44. The highest BCUT2D eigenvalue weighted by Gasteiger charge is 2.10. The Morgan fingerprint density at radius 3 is 2.68 bits per heavy atom. The smallest absolute Gasteiger partial charge is 0.154 e. The summed E-state index contributed by atoms with van der Waals surface area (Å²) in [6.45, 7) is 4.22. The predicted molar refractivity (Wildman–Crippen MR) is 80.4 cm³/mol. The second-order valence-electron chi connectivity index (χ2n) is 4.31. The van der Waals surface area contributed by atoms with Crippen LogP contribution < -0.4 is 11.1 Å². The second-order valence-corrected chi connectivity index (χ2v) is 5.37. The molecule has 0 amide bonds. The van der Waals surface area contributed by atoms with Crippen molar-refractivity contribution in [3.05, 3.63) is 36.7 Å². The molecule has 0 aliphatic carbocycles. The van der Waals surface area contributed by atoms with Crippen molar-refractivity contribution in [2.75, 3.05) is 11.1 Å². The van der Waals surface area contributed by atoms with Gasteiger partial charge >= 0.3 is 0 Å². The Morgan fingerprint density at radius 2 is 2.00 bits per heavy atom. The SMILES string of the molecule is CCC(C)Nc1ncnc(Sc2ccccc2)c1N. The van der Waals surface area contributed by atoms with Crippen LogP contribution in [0.4, 0.5) is 11.5 Å².